The van der Waals surface area contributed by atoms with E-state index in [1.165, 1.54) is 0 Å². The first-order valence-corrected chi connectivity index (χ1v) is 11.7. The van der Waals surface area contributed by atoms with E-state index in [-0.39, 0.29) is 17.7 Å². The first-order chi connectivity index (χ1) is 16.8. The number of carbonyl (C=O) groups excluding carboxylic acids is 1. The molecule has 0 saturated heterocycles. The molecular formula is C20H16F11N3O3S. The average Bonchev–Trinajstić information content (AvgIpc) is 2.69. The van der Waals surface area contributed by atoms with Crippen molar-refractivity contribution >= 4 is 28.1 Å². The Labute approximate surface area is 206 Å². The van der Waals surface area contributed by atoms with Crippen LogP contribution in [0.15, 0.2) is 46.3 Å². The largest absolute Gasteiger partial charge is 0.490 e. The van der Waals surface area contributed by atoms with Gasteiger partial charge in [-0.25, -0.2) is 23.0 Å². The number of benzene rings is 2. The van der Waals surface area contributed by atoms with Crippen molar-refractivity contribution in [3.05, 3.63) is 65.0 Å². The molecule has 0 aromatic heterocycles. The lowest BCUT2D eigenvalue weighted by Crippen LogP contribution is -2.53. The van der Waals surface area contributed by atoms with Crippen LogP contribution in [-0.2, 0) is 15.1 Å². The predicted molar refractivity (Wildman–Crippen MR) is 112 cm³/mol. The SMILES string of the molecule is CN1C(=O)[C@@H](c2ccc(S(F)(F)(F)(F)F)cc2)[C@@](C)(c2c(F)cc(F)cc2F)N=C1N.O=C(O)C(F)(F)F. The van der Waals surface area contributed by atoms with E-state index < -0.39 is 73.6 Å². The minimum atomic E-state index is -9.99. The molecule has 18 heteroatoms. The number of nitrogens with zero attached hydrogens (tertiary/aromatic N) is 2. The van der Waals surface area contributed by atoms with Crippen LogP contribution in [0, 0.1) is 17.5 Å². The van der Waals surface area contributed by atoms with Crippen LogP contribution in [0.1, 0.15) is 24.0 Å². The zero-order valence-corrected chi connectivity index (χ0v) is 19.7. The van der Waals surface area contributed by atoms with Gasteiger partial charge in [-0.3, -0.25) is 9.69 Å². The lowest BCUT2D eigenvalue weighted by Gasteiger charge is -2.42. The van der Waals surface area contributed by atoms with Crippen LogP contribution < -0.4 is 5.73 Å². The van der Waals surface area contributed by atoms with Crippen molar-refractivity contribution in [2.45, 2.75) is 29.5 Å². The number of guanidine groups is 1. The summed E-state index contributed by atoms with van der Waals surface area (Å²) in [6.07, 6.45) is -5.08. The molecular weight excluding hydrogens is 571 g/mol. The summed E-state index contributed by atoms with van der Waals surface area (Å²) >= 11 is 0. The van der Waals surface area contributed by atoms with Crippen LogP contribution in [0.3, 0.4) is 0 Å². The molecule has 6 nitrogen and oxygen atoms in total. The van der Waals surface area contributed by atoms with Crippen LogP contribution in [0.5, 0.6) is 0 Å². The van der Waals surface area contributed by atoms with E-state index in [9.17, 15) is 50.6 Å². The second-order valence-electron chi connectivity index (χ2n) is 8.03. The molecule has 212 valence electrons. The Morgan fingerprint density at radius 2 is 1.45 bits per heavy atom. The van der Waals surface area contributed by atoms with E-state index in [4.69, 9.17) is 15.6 Å². The van der Waals surface area contributed by atoms with Gasteiger partial charge in [0.2, 0.25) is 5.91 Å². The number of likely N-dealkylation sites (N-methyl/N-ethyl adjacent to an activating group) is 1. The molecule has 0 saturated carbocycles. The standard InChI is InChI=1S/C18H15F8N3OS.C2HF3O2/c1-18(15-12(20)7-10(19)8-13(15)21)14(16(30)29(2)17(27)28-18)9-3-5-11(6-4-9)31(22,23,24,25)26;3-2(4,5)1(6)7/h3-8,14H,1-2H3,(H2,27,28);(H,6,7)/t14-,18+;/m1./s1. The Bertz CT molecular complexity index is 1290. The van der Waals surface area contributed by atoms with Gasteiger partial charge in [0.25, 0.3) is 0 Å². The maximum Gasteiger partial charge on any atom is 0.490 e. The van der Waals surface area contributed by atoms with Gasteiger partial charge in [0.15, 0.2) is 5.96 Å². The number of aliphatic imine (C=N–C) groups is 1. The third-order valence-corrected chi connectivity index (χ3v) is 6.41. The molecule has 1 amide bonds. The fraction of sp³-hybridized carbons (Fsp3) is 0.250. The number of alkyl halides is 3. The lowest BCUT2D eigenvalue weighted by atomic mass is 9.74. The van der Waals surface area contributed by atoms with E-state index in [0.29, 0.717) is 24.3 Å². The van der Waals surface area contributed by atoms with E-state index in [1.54, 1.807) is 0 Å². The molecule has 3 N–H and O–H groups in total. The second-order valence-corrected chi connectivity index (χ2v) is 10.4. The van der Waals surface area contributed by atoms with Crippen molar-refractivity contribution in [3.63, 3.8) is 0 Å². The Hall–Kier alpha value is -3.57. The van der Waals surface area contributed by atoms with E-state index in [1.807, 2.05) is 0 Å². The summed E-state index contributed by atoms with van der Waals surface area (Å²) < 4.78 is 139. The number of carboxylic acids is 1. The van der Waals surface area contributed by atoms with Gasteiger partial charge in [-0.2, -0.15) is 13.2 Å². The summed E-state index contributed by atoms with van der Waals surface area (Å²) in [5, 5.41) is 7.12. The fourth-order valence-electron chi connectivity index (χ4n) is 3.54. The maximum absolute atomic E-state index is 14.5. The highest BCUT2D eigenvalue weighted by Gasteiger charge is 2.65. The number of halogens is 11. The monoisotopic (exact) mass is 587 g/mol. The number of hydrogen-bond acceptors (Lipinski definition) is 4. The third kappa shape index (κ3) is 6.28. The van der Waals surface area contributed by atoms with Gasteiger partial charge in [-0.15, -0.1) is 0 Å². The van der Waals surface area contributed by atoms with Crippen LogP contribution in [-0.4, -0.2) is 41.1 Å². The predicted octanol–water partition coefficient (Wildman–Crippen LogP) is 6.18. The molecule has 1 aliphatic rings. The Balaban J connectivity index is 0.000000638. The van der Waals surface area contributed by atoms with Crippen LogP contribution in [0.4, 0.5) is 45.8 Å². The van der Waals surface area contributed by atoms with Gasteiger partial charge in [-0.1, -0.05) is 31.6 Å². The molecule has 0 aliphatic carbocycles. The normalized spacial score (nSPS) is 22.0. The van der Waals surface area contributed by atoms with Crippen molar-refractivity contribution in [2.24, 2.45) is 10.7 Å². The van der Waals surface area contributed by atoms with Crippen molar-refractivity contribution in [3.8, 4) is 0 Å². The Morgan fingerprint density at radius 1 is 1.03 bits per heavy atom. The molecule has 2 atom stereocenters. The Morgan fingerprint density at radius 3 is 1.82 bits per heavy atom. The summed E-state index contributed by atoms with van der Waals surface area (Å²) in [4.78, 5) is 24.4. The van der Waals surface area contributed by atoms with Crippen LogP contribution in [0.25, 0.3) is 0 Å². The van der Waals surface area contributed by atoms with Crippen molar-refractivity contribution in [1.29, 1.82) is 0 Å². The zero-order valence-electron chi connectivity index (χ0n) is 18.8. The molecule has 0 fully saturated rings. The van der Waals surface area contributed by atoms with Gasteiger partial charge in [0, 0.05) is 19.2 Å². The van der Waals surface area contributed by atoms with Crippen LogP contribution in [0.2, 0.25) is 0 Å². The molecule has 0 unspecified atom stereocenters. The summed E-state index contributed by atoms with van der Waals surface area (Å²) in [5.41, 5.74) is 2.35. The molecule has 2 aromatic carbocycles. The van der Waals surface area contributed by atoms with E-state index in [0.717, 1.165) is 18.9 Å². The Kier molecular flexibility index (Phi) is 7.05. The maximum atomic E-state index is 14.5. The van der Waals surface area contributed by atoms with Gasteiger partial charge >= 0.3 is 22.4 Å². The van der Waals surface area contributed by atoms with Gasteiger partial charge < -0.3 is 10.8 Å². The second kappa shape index (κ2) is 8.74. The minimum absolute atomic E-state index is 0.0731. The average molecular weight is 587 g/mol. The summed E-state index contributed by atoms with van der Waals surface area (Å²) in [6, 6.07) is 2.02. The number of hydrogen-bond donors (Lipinski definition) is 2. The van der Waals surface area contributed by atoms with E-state index in [2.05, 4.69) is 4.99 Å². The molecule has 0 bridgehead atoms. The highest BCUT2D eigenvalue weighted by molar-refractivity contribution is 8.45. The molecule has 38 heavy (non-hydrogen) atoms. The van der Waals surface area contributed by atoms with E-state index >= 15 is 0 Å². The first kappa shape index (κ1) is 30.7. The quantitative estimate of drug-likeness (QED) is 0.420. The summed E-state index contributed by atoms with van der Waals surface area (Å²) in [6.45, 7) is 1.08. The van der Waals surface area contributed by atoms with Gasteiger partial charge in [-0.05, 0) is 24.6 Å². The highest BCUT2D eigenvalue weighted by Crippen LogP contribution is 3.02. The van der Waals surface area contributed by atoms with Gasteiger partial charge in [0.1, 0.15) is 27.9 Å². The first-order valence-electron chi connectivity index (χ1n) is 9.71. The molecule has 1 aliphatic heterocycles. The summed E-state index contributed by atoms with van der Waals surface area (Å²) in [5.74, 6) is -9.88. The molecule has 0 radical (unpaired) electrons. The molecule has 1 heterocycles. The van der Waals surface area contributed by atoms with Crippen LogP contribution >= 0.6 is 10.2 Å². The van der Waals surface area contributed by atoms with Gasteiger partial charge in [0.05, 0.1) is 11.5 Å². The number of rotatable bonds is 3. The summed E-state index contributed by atoms with van der Waals surface area (Å²) in [7, 11) is -8.83. The fourth-order valence-corrected chi connectivity index (χ4v) is 4.19. The number of carboxylic acid groups (broad SMARTS) is 1. The number of carbonyl (C=O) groups is 2. The third-order valence-electron chi connectivity index (χ3n) is 5.24. The highest BCUT2D eigenvalue weighted by atomic mass is 32.5. The minimum Gasteiger partial charge on any atom is -0.475 e. The molecule has 2 aromatic rings. The molecule has 3 rings (SSSR count). The number of aliphatic carboxylic acids is 1. The number of nitrogens with two attached hydrogens (primary N) is 1. The molecule has 0 spiro atoms. The smallest absolute Gasteiger partial charge is 0.475 e. The zero-order chi connectivity index (χ0) is 29.7. The lowest BCUT2D eigenvalue weighted by molar-refractivity contribution is -0.192. The number of amides is 1. The van der Waals surface area contributed by atoms with Crippen molar-refractivity contribution in [2.75, 3.05) is 7.05 Å². The topological polar surface area (TPSA) is 96.0 Å². The van der Waals surface area contributed by atoms with Crippen molar-refractivity contribution in [1.82, 2.24) is 4.90 Å². The van der Waals surface area contributed by atoms with Crippen molar-refractivity contribution < 1.29 is 60.5 Å².